The van der Waals surface area contributed by atoms with E-state index in [0.29, 0.717) is 26.1 Å². The summed E-state index contributed by atoms with van der Waals surface area (Å²) in [6, 6.07) is 0.106. The van der Waals surface area contributed by atoms with Gasteiger partial charge in [-0.2, -0.15) is 4.31 Å². The highest BCUT2D eigenvalue weighted by Crippen LogP contribution is 2.25. The summed E-state index contributed by atoms with van der Waals surface area (Å²) >= 11 is 0. The number of sulfonamides is 1. The van der Waals surface area contributed by atoms with Crippen LogP contribution < -0.4 is 0 Å². The highest BCUT2D eigenvalue weighted by molar-refractivity contribution is 7.89. The van der Waals surface area contributed by atoms with Crippen LogP contribution in [0.2, 0.25) is 0 Å². The molecule has 0 bridgehead atoms. The normalized spacial score (nSPS) is 27.6. The van der Waals surface area contributed by atoms with E-state index < -0.39 is 10.0 Å². The number of rotatable bonds is 2. The summed E-state index contributed by atoms with van der Waals surface area (Å²) in [5.74, 6) is 0.173. The molecule has 0 aromatic heterocycles. The van der Waals surface area contributed by atoms with Gasteiger partial charge in [0.1, 0.15) is 0 Å². The van der Waals surface area contributed by atoms with Crippen LogP contribution in [0.1, 0.15) is 26.7 Å². The number of amides is 1. The lowest BCUT2D eigenvalue weighted by Gasteiger charge is -2.37. The summed E-state index contributed by atoms with van der Waals surface area (Å²) in [5, 5.41) is -0.379. The minimum atomic E-state index is -3.16. The molecule has 1 atom stereocenters. The Morgan fingerprint density at radius 2 is 2.00 bits per heavy atom. The maximum Gasteiger partial charge on any atom is 0.222 e. The second kappa shape index (κ2) is 4.00. The maximum absolute atomic E-state index is 12.0. The van der Waals surface area contributed by atoms with Gasteiger partial charge < -0.3 is 4.90 Å². The van der Waals surface area contributed by atoms with E-state index in [1.807, 2.05) is 4.90 Å². The smallest absolute Gasteiger partial charge is 0.222 e. The third kappa shape index (κ3) is 1.84. The molecule has 2 saturated heterocycles. The largest absolute Gasteiger partial charge is 0.337 e. The highest BCUT2D eigenvalue weighted by atomic mass is 32.2. The Labute approximate surface area is 96.5 Å². The number of carbonyl (C=O) groups excluding carboxylic acids is 1. The average molecular weight is 246 g/mol. The lowest BCUT2D eigenvalue weighted by atomic mass is 10.2. The minimum absolute atomic E-state index is 0.106. The second-order valence-electron chi connectivity index (χ2n) is 4.73. The third-order valence-electron chi connectivity index (χ3n) is 3.41. The van der Waals surface area contributed by atoms with Crippen molar-refractivity contribution in [3.05, 3.63) is 0 Å². The molecule has 92 valence electrons. The SMILES string of the molecule is CC(C)S(=O)(=O)N1CCN2C(=O)CCC2C1. The van der Waals surface area contributed by atoms with Crippen LogP contribution in [0.15, 0.2) is 0 Å². The lowest BCUT2D eigenvalue weighted by Crippen LogP contribution is -2.54. The summed E-state index contributed by atoms with van der Waals surface area (Å²) < 4.78 is 25.5. The molecule has 0 saturated carbocycles. The van der Waals surface area contributed by atoms with Crippen molar-refractivity contribution in [3.63, 3.8) is 0 Å². The van der Waals surface area contributed by atoms with Crippen LogP contribution in [-0.2, 0) is 14.8 Å². The monoisotopic (exact) mass is 246 g/mol. The van der Waals surface area contributed by atoms with Gasteiger partial charge in [-0.1, -0.05) is 0 Å². The summed E-state index contributed by atoms with van der Waals surface area (Å²) in [6.07, 6.45) is 1.36. The predicted molar refractivity (Wildman–Crippen MR) is 60.4 cm³/mol. The average Bonchev–Trinajstić information content (AvgIpc) is 2.60. The number of hydrogen-bond acceptors (Lipinski definition) is 3. The van der Waals surface area contributed by atoms with Crippen molar-refractivity contribution in [1.29, 1.82) is 0 Å². The molecular weight excluding hydrogens is 228 g/mol. The standard InChI is InChI=1S/C10H18N2O3S/c1-8(2)16(14,15)11-5-6-12-9(7-11)3-4-10(12)13/h8-9H,3-7H2,1-2H3. The maximum atomic E-state index is 12.0. The molecule has 2 aliphatic rings. The van der Waals surface area contributed by atoms with E-state index in [4.69, 9.17) is 0 Å². The van der Waals surface area contributed by atoms with Crippen LogP contribution in [0, 0.1) is 0 Å². The minimum Gasteiger partial charge on any atom is -0.337 e. The van der Waals surface area contributed by atoms with Gasteiger partial charge in [0.15, 0.2) is 0 Å². The quantitative estimate of drug-likeness (QED) is 0.691. The van der Waals surface area contributed by atoms with Gasteiger partial charge in [-0.15, -0.1) is 0 Å². The van der Waals surface area contributed by atoms with Crippen molar-refractivity contribution in [1.82, 2.24) is 9.21 Å². The fourth-order valence-electron chi connectivity index (χ4n) is 2.37. The first-order valence-corrected chi connectivity index (χ1v) is 7.21. The zero-order valence-corrected chi connectivity index (χ0v) is 10.5. The van der Waals surface area contributed by atoms with E-state index in [1.165, 1.54) is 4.31 Å². The van der Waals surface area contributed by atoms with Crippen molar-refractivity contribution in [3.8, 4) is 0 Å². The number of hydrogen-bond donors (Lipinski definition) is 0. The second-order valence-corrected chi connectivity index (χ2v) is 7.22. The van der Waals surface area contributed by atoms with Crippen molar-refractivity contribution < 1.29 is 13.2 Å². The molecule has 2 fully saturated rings. The molecule has 5 nitrogen and oxygen atoms in total. The predicted octanol–water partition coefficient (Wildman–Crippen LogP) is 0.0312. The Balaban J connectivity index is 2.11. The summed E-state index contributed by atoms with van der Waals surface area (Å²) in [4.78, 5) is 13.3. The van der Waals surface area contributed by atoms with E-state index in [9.17, 15) is 13.2 Å². The Morgan fingerprint density at radius 1 is 1.31 bits per heavy atom. The summed E-state index contributed by atoms with van der Waals surface area (Å²) in [6.45, 7) is 4.87. The highest BCUT2D eigenvalue weighted by Gasteiger charge is 2.39. The van der Waals surface area contributed by atoms with Crippen LogP contribution in [-0.4, -0.2) is 54.5 Å². The first-order valence-electron chi connectivity index (χ1n) is 5.71. The zero-order chi connectivity index (χ0) is 11.9. The Morgan fingerprint density at radius 3 is 2.62 bits per heavy atom. The van der Waals surface area contributed by atoms with Crippen LogP contribution in [0.25, 0.3) is 0 Å². The molecule has 16 heavy (non-hydrogen) atoms. The zero-order valence-electron chi connectivity index (χ0n) is 9.72. The molecule has 0 N–H and O–H groups in total. The van der Waals surface area contributed by atoms with Gasteiger partial charge in [0.2, 0.25) is 15.9 Å². The van der Waals surface area contributed by atoms with Crippen LogP contribution in [0.3, 0.4) is 0 Å². The Kier molecular flexibility index (Phi) is 2.96. The molecule has 2 rings (SSSR count). The number of fused-ring (bicyclic) bond motifs is 1. The first kappa shape index (κ1) is 11.9. The fourth-order valence-corrected chi connectivity index (χ4v) is 3.68. The van der Waals surface area contributed by atoms with Crippen LogP contribution in [0.5, 0.6) is 0 Å². The number of nitrogens with zero attached hydrogens (tertiary/aromatic N) is 2. The molecule has 0 aromatic rings. The van der Waals surface area contributed by atoms with Crippen molar-refractivity contribution >= 4 is 15.9 Å². The van der Waals surface area contributed by atoms with Gasteiger partial charge in [-0.05, 0) is 20.3 Å². The van der Waals surface area contributed by atoms with Crippen LogP contribution >= 0.6 is 0 Å². The van der Waals surface area contributed by atoms with Gasteiger partial charge in [-0.25, -0.2) is 8.42 Å². The van der Waals surface area contributed by atoms with Crippen LogP contribution in [0.4, 0.5) is 0 Å². The van der Waals surface area contributed by atoms with Crippen molar-refractivity contribution in [2.45, 2.75) is 38.0 Å². The topological polar surface area (TPSA) is 57.7 Å². The molecule has 0 aliphatic carbocycles. The Bertz CT molecular complexity index is 391. The van der Waals surface area contributed by atoms with Gasteiger partial charge in [-0.3, -0.25) is 4.79 Å². The number of piperazine rings is 1. The fraction of sp³-hybridized carbons (Fsp3) is 0.900. The van der Waals surface area contributed by atoms with E-state index in [-0.39, 0.29) is 17.2 Å². The summed E-state index contributed by atoms with van der Waals surface area (Å²) in [7, 11) is -3.16. The Hall–Kier alpha value is -0.620. The van der Waals surface area contributed by atoms with Gasteiger partial charge in [0.25, 0.3) is 0 Å². The molecule has 0 aromatic carbocycles. The molecule has 6 heteroatoms. The molecule has 0 radical (unpaired) electrons. The van der Waals surface area contributed by atoms with E-state index in [1.54, 1.807) is 13.8 Å². The lowest BCUT2D eigenvalue weighted by molar-refractivity contribution is -0.130. The van der Waals surface area contributed by atoms with Gasteiger partial charge in [0.05, 0.1) is 5.25 Å². The van der Waals surface area contributed by atoms with E-state index in [0.717, 1.165) is 6.42 Å². The third-order valence-corrected chi connectivity index (χ3v) is 5.66. The van der Waals surface area contributed by atoms with E-state index in [2.05, 4.69) is 0 Å². The van der Waals surface area contributed by atoms with Gasteiger partial charge >= 0.3 is 0 Å². The molecule has 2 heterocycles. The number of carbonyl (C=O) groups is 1. The molecule has 2 aliphatic heterocycles. The van der Waals surface area contributed by atoms with E-state index >= 15 is 0 Å². The van der Waals surface area contributed by atoms with Crippen molar-refractivity contribution in [2.75, 3.05) is 19.6 Å². The molecule has 1 unspecified atom stereocenters. The molecular formula is C10H18N2O3S. The summed E-state index contributed by atoms with van der Waals surface area (Å²) in [5.41, 5.74) is 0. The first-order chi connectivity index (χ1) is 7.43. The molecule has 0 spiro atoms. The van der Waals surface area contributed by atoms with Gasteiger partial charge in [0, 0.05) is 32.1 Å². The molecule has 1 amide bonds. The van der Waals surface area contributed by atoms with Crippen molar-refractivity contribution in [2.24, 2.45) is 0 Å².